The van der Waals surface area contributed by atoms with Gasteiger partial charge < -0.3 is 20.8 Å². The van der Waals surface area contributed by atoms with Gasteiger partial charge in [-0.1, -0.05) is 155 Å². The smallest absolute Gasteiger partial charge is 0.394 e. The number of ketones is 2. The van der Waals surface area contributed by atoms with Gasteiger partial charge in [0, 0.05) is 13.0 Å². The maximum Gasteiger partial charge on any atom is 0.472 e. The number of aliphatic hydroxyl groups is 2. The summed E-state index contributed by atoms with van der Waals surface area (Å²) in [5.41, 5.74) is 5.92. The van der Waals surface area contributed by atoms with E-state index in [2.05, 4.69) is 13.8 Å². The maximum absolute atomic E-state index is 13.4. The van der Waals surface area contributed by atoms with Crippen LogP contribution in [0.4, 0.5) is 0 Å². The van der Waals surface area contributed by atoms with Crippen LogP contribution in [0.15, 0.2) is 0 Å². The molecule has 1 aliphatic rings. The van der Waals surface area contributed by atoms with Crippen LogP contribution in [0.25, 0.3) is 0 Å². The average Bonchev–Trinajstić information content (AvgIpc) is 3.83. The van der Waals surface area contributed by atoms with E-state index >= 15 is 0 Å². The van der Waals surface area contributed by atoms with Gasteiger partial charge in [-0.25, -0.2) is 4.57 Å². The molecule has 0 aliphatic heterocycles. The van der Waals surface area contributed by atoms with Crippen molar-refractivity contribution in [3.05, 3.63) is 0 Å². The Balaban J connectivity index is 2.49. The summed E-state index contributed by atoms with van der Waals surface area (Å²) in [4.78, 5) is 36.7. The van der Waals surface area contributed by atoms with Crippen molar-refractivity contribution in [1.29, 1.82) is 0 Å². The molecule has 1 saturated carbocycles. The third-order valence-corrected chi connectivity index (χ3v) is 11.1. The molecular formula is C38H74NO8P. The molecule has 0 heterocycles. The molecule has 284 valence electrons. The Morgan fingerprint density at radius 2 is 1.21 bits per heavy atom. The van der Waals surface area contributed by atoms with Crippen molar-refractivity contribution in [2.24, 2.45) is 23.5 Å². The molecular weight excluding hydrogens is 629 g/mol. The lowest BCUT2D eigenvalue weighted by Crippen LogP contribution is -2.39. The van der Waals surface area contributed by atoms with Crippen molar-refractivity contribution in [3.63, 3.8) is 0 Å². The molecule has 1 rings (SSSR count). The first-order chi connectivity index (χ1) is 23.2. The van der Waals surface area contributed by atoms with E-state index in [1.54, 1.807) is 0 Å². The number of phosphoric ester groups is 1. The van der Waals surface area contributed by atoms with Crippen LogP contribution in [0.1, 0.15) is 181 Å². The van der Waals surface area contributed by atoms with Crippen LogP contribution in [0.5, 0.6) is 0 Å². The highest BCUT2D eigenvalue weighted by molar-refractivity contribution is 7.47. The fourth-order valence-electron chi connectivity index (χ4n) is 6.81. The molecule has 1 fully saturated rings. The molecule has 0 spiro atoms. The first kappa shape index (κ1) is 45.4. The van der Waals surface area contributed by atoms with Gasteiger partial charge in [0.2, 0.25) is 5.78 Å². The average molecular weight is 704 g/mol. The molecule has 5 N–H and O–H groups in total. The summed E-state index contributed by atoms with van der Waals surface area (Å²) in [5, 5.41) is 18.5. The second kappa shape index (κ2) is 29.0. The van der Waals surface area contributed by atoms with E-state index in [0.29, 0.717) is 19.3 Å². The number of phosphoric acid groups is 1. The highest BCUT2D eigenvalue weighted by Crippen LogP contribution is 2.47. The van der Waals surface area contributed by atoms with Crippen molar-refractivity contribution in [2.75, 3.05) is 19.8 Å². The number of hydrogen-bond acceptors (Lipinski definition) is 8. The minimum Gasteiger partial charge on any atom is -0.394 e. The third-order valence-electron chi connectivity index (χ3n) is 10.0. The Morgan fingerprint density at radius 1 is 0.750 bits per heavy atom. The van der Waals surface area contributed by atoms with E-state index in [9.17, 15) is 24.2 Å². The van der Waals surface area contributed by atoms with E-state index in [-0.39, 0.29) is 13.0 Å². The monoisotopic (exact) mass is 704 g/mol. The van der Waals surface area contributed by atoms with Crippen LogP contribution in [0.2, 0.25) is 0 Å². The first-order valence-corrected chi connectivity index (χ1v) is 21.4. The van der Waals surface area contributed by atoms with Crippen molar-refractivity contribution in [3.8, 4) is 0 Å². The summed E-state index contributed by atoms with van der Waals surface area (Å²) in [6.45, 7) is 2.99. The zero-order valence-electron chi connectivity index (χ0n) is 30.8. The fourth-order valence-corrected chi connectivity index (χ4v) is 7.81. The minimum atomic E-state index is -4.69. The lowest BCUT2D eigenvalue weighted by Gasteiger charge is -2.26. The molecule has 1 aliphatic carbocycles. The highest BCUT2D eigenvalue weighted by atomic mass is 31.2. The summed E-state index contributed by atoms with van der Waals surface area (Å²) >= 11 is 0. The van der Waals surface area contributed by atoms with Crippen molar-refractivity contribution >= 4 is 19.4 Å². The molecule has 0 amide bonds. The number of rotatable bonds is 36. The lowest BCUT2D eigenvalue weighted by atomic mass is 9.87. The topological polar surface area (TPSA) is 156 Å². The van der Waals surface area contributed by atoms with Gasteiger partial charge in [0.1, 0.15) is 6.10 Å². The third kappa shape index (κ3) is 22.9. The normalized spacial score (nSPS) is 19.1. The first-order valence-electron chi connectivity index (χ1n) is 19.9. The predicted molar refractivity (Wildman–Crippen MR) is 195 cm³/mol. The van der Waals surface area contributed by atoms with Crippen LogP contribution in [-0.2, 0) is 23.2 Å². The van der Waals surface area contributed by atoms with E-state index < -0.39 is 50.7 Å². The van der Waals surface area contributed by atoms with Crippen molar-refractivity contribution < 1.29 is 38.3 Å². The van der Waals surface area contributed by atoms with Gasteiger partial charge in [0.05, 0.1) is 25.2 Å². The van der Waals surface area contributed by atoms with Gasteiger partial charge in [-0.05, 0) is 31.1 Å². The van der Waals surface area contributed by atoms with Gasteiger partial charge in [-0.2, -0.15) is 0 Å². The molecule has 0 bridgehead atoms. The SMILES string of the molecule is CCCCCCCCCCCCCCCC(=O)C(=O)C(CCCCCCC1CC1CCCCCC)C(CN)OP(=O)(O)OC[C@H](O)CO. The highest BCUT2D eigenvalue weighted by Gasteiger charge is 2.37. The lowest BCUT2D eigenvalue weighted by molar-refractivity contribution is -0.141. The van der Waals surface area contributed by atoms with Crippen LogP contribution >= 0.6 is 7.82 Å². The number of carbonyl (C=O) groups is 2. The largest absolute Gasteiger partial charge is 0.472 e. The van der Waals surface area contributed by atoms with Crippen LogP contribution in [0.3, 0.4) is 0 Å². The standard InChI is InChI=1S/C38H74NO8P/c1-3-5-7-9-10-11-12-13-14-15-16-17-23-27-36(42)38(43)35(37(29-39)47-48(44,45)46-31-34(41)30-40)26-22-19-18-21-25-33-28-32(33)24-20-8-6-4-2/h32-35,37,40-41H,3-31,39H2,1-2H3,(H,44,45)/t32?,33?,34-,35?,37?/m1/s1. The number of hydrogen-bond donors (Lipinski definition) is 4. The van der Waals surface area contributed by atoms with E-state index in [1.807, 2.05) is 0 Å². The van der Waals surface area contributed by atoms with Crippen LogP contribution < -0.4 is 5.73 Å². The number of nitrogens with two attached hydrogens (primary N) is 1. The van der Waals surface area contributed by atoms with Gasteiger partial charge >= 0.3 is 7.82 Å². The zero-order chi connectivity index (χ0) is 35.5. The summed E-state index contributed by atoms with van der Waals surface area (Å²) in [5.74, 6) is -0.243. The molecule has 0 saturated heterocycles. The van der Waals surface area contributed by atoms with Crippen molar-refractivity contribution in [1.82, 2.24) is 0 Å². The molecule has 9 nitrogen and oxygen atoms in total. The van der Waals surface area contributed by atoms with Gasteiger partial charge in [0.25, 0.3) is 0 Å². The summed E-state index contributed by atoms with van der Waals surface area (Å²) in [7, 11) is -4.69. The maximum atomic E-state index is 13.4. The van der Waals surface area contributed by atoms with Crippen molar-refractivity contribution in [2.45, 2.75) is 193 Å². The van der Waals surface area contributed by atoms with E-state index in [4.69, 9.17) is 19.9 Å². The number of unbranched alkanes of at least 4 members (excludes halogenated alkanes) is 18. The molecule has 6 atom stereocenters. The number of aliphatic hydroxyl groups excluding tert-OH is 2. The quantitative estimate of drug-likeness (QED) is 0.0284. The summed E-state index contributed by atoms with van der Waals surface area (Å²) in [6, 6.07) is 0. The Hall–Kier alpha value is -0.670. The van der Waals surface area contributed by atoms with Gasteiger partial charge in [-0.15, -0.1) is 0 Å². The molecule has 0 aromatic heterocycles. The molecule has 10 heteroatoms. The summed E-state index contributed by atoms with van der Waals surface area (Å²) in [6.07, 6.45) is 26.5. The van der Waals surface area contributed by atoms with E-state index in [1.165, 1.54) is 103 Å². The Labute approximate surface area is 293 Å². The second-order valence-electron chi connectivity index (χ2n) is 14.5. The van der Waals surface area contributed by atoms with Crippen LogP contribution in [0, 0.1) is 17.8 Å². The fraction of sp³-hybridized carbons (Fsp3) is 0.947. The Bertz CT molecular complexity index is 859. The zero-order valence-corrected chi connectivity index (χ0v) is 31.7. The molecule has 0 radical (unpaired) electrons. The van der Waals surface area contributed by atoms with Gasteiger partial charge in [0.15, 0.2) is 5.78 Å². The van der Waals surface area contributed by atoms with Crippen LogP contribution in [-0.4, -0.2) is 58.6 Å². The molecule has 0 aromatic rings. The predicted octanol–water partition coefficient (Wildman–Crippen LogP) is 8.98. The van der Waals surface area contributed by atoms with E-state index in [0.717, 1.165) is 50.4 Å². The summed E-state index contributed by atoms with van der Waals surface area (Å²) < 4.78 is 22.7. The Kier molecular flexibility index (Phi) is 27.4. The number of Topliss-reactive ketones (excluding diaryl/α,β-unsaturated/α-hetero) is 2. The number of carbonyl (C=O) groups excluding carboxylic acids is 2. The Morgan fingerprint density at radius 3 is 1.71 bits per heavy atom. The van der Waals surface area contributed by atoms with Gasteiger partial charge in [-0.3, -0.25) is 18.6 Å². The minimum absolute atomic E-state index is 0.154. The second-order valence-corrected chi connectivity index (χ2v) is 15.9. The molecule has 0 aromatic carbocycles. The molecule has 5 unspecified atom stereocenters. The molecule has 48 heavy (non-hydrogen) atoms.